The third-order valence-electron chi connectivity index (χ3n) is 6.10. The van der Waals surface area contributed by atoms with Gasteiger partial charge < -0.3 is 10.2 Å². The van der Waals surface area contributed by atoms with Crippen LogP contribution in [0.15, 0.2) is 83.8 Å². The highest BCUT2D eigenvalue weighted by atomic mass is 35.5. The molecule has 0 fully saturated rings. The van der Waals surface area contributed by atoms with E-state index in [1.165, 1.54) is 24.1 Å². The lowest BCUT2D eigenvalue weighted by Crippen LogP contribution is -2.56. The molecule has 0 aromatic heterocycles. The maximum Gasteiger partial charge on any atom is 0.243 e. The molecular weight excluding hydrogens is 534 g/mol. The van der Waals surface area contributed by atoms with Crippen molar-refractivity contribution in [3.63, 3.8) is 0 Å². The Hall–Kier alpha value is -3.20. The van der Waals surface area contributed by atoms with Crippen molar-refractivity contribution in [1.29, 1.82) is 0 Å². The van der Waals surface area contributed by atoms with Crippen LogP contribution in [0.3, 0.4) is 0 Å². The van der Waals surface area contributed by atoms with E-state index in [2.05, 4.69) is 5.32 Å². The summed E-state index contributed by atoms with van der Waals surface area (Å²) < 4.78 is 27.5. The van der Waals surface area contributed by atoms with Crippen molar-refractivity contribution in [2.45, 2.75) is 57.1 Å². The van der Waals surface area contributed by atoms with Gasteiger partial charge in [-0.3, -0.25) is 9.59 Å². The Bertz CT molecular complexity index is 1390. The van der Waals surface area contributed by atoms with Crippen LogP contribution in [0, 0.1) is 6.92 Å². The lowest BCUT2D eigenvalue weighted by atomic mass is 10.0. The van der Waals surface area contributed by atoms with E-state index in [4.69, 9.17) is 11.6 Å². The van der Waals surface area contributed by atoms with E-state index in [9.17, 15) is 18.0 Å². The normalized spacial score (nSPS) is 12.7. The molecule has 0 spiro atoms. The van der Waals surface area contributed by atoms with Gasteiger partial charge in [-0.05, 0) is 63.1 Å². The van der Waals surface area contributed by atoms with Gasteiger partial charge in [-0.25, -0.2) is 8.42 Å². The number of hydrogen-bond donors (Lipinski definition) is 1. The van der Waals surface area contributed by atoms with E-state index in [1.807, 2.05) is 64.1 Å². The minimum atomic E-state index is -3.93. The number of nitrogens with one attached hydrogen (secondary N) is 1. The number of rotatable bonds is 10. The first-order valence-electron chi connectivity index (χ1n) is 12.7. The fourth-order valence-corrected chi connectivity index (χ4v) is 5.43. The Morgan fingerprint density at radius 3 is 2.13 bits per heavy atom. The maximum absolute atomic E-state index is 13.9. The Labute approximate surface area is 236 Å². The van der Waals surface area contributed by atoms with Crippen LogP contribution in [0.2, 0.25) is 5.02 Å². The SMILES string of the molecule is Cc1ccc(S(=O)(=O)N(C)CC(=O)N(Cc2cccc(Cl)c2)C(Cc2ccccc2)C(=O)NC(C)(C)C)cc1. The van der Waals surface area contributed by atoms with Crippen LogP contribution >= 0.6 is 11.6 Å². The van der Waals surface area contributed by atoms with E-state index in [1.54, 1.807) is 30.3 Å². The second-order valence-electron chi connectivity index (χ2n) is 10.7. The molecule has 0 aliphatic rings. The molecule has 0 bridgehead atoms. The number of sulfonamides is 1. The summed E-state index contributed by atoms with van der Waals surface area (Å²) in [6.07, 6.45) is 0.253. The van der Waals surface area contributed by atoms with Gasteiger partial charge in [-0.1, -0.05) is 71.8 Å². The molecule has 1 atom stereocenters. The summed E-state index contributed by atoms with van der Waals surface area (Å²) in [5.74, 6) is -0.830. The number of halogens is 1. The third-order valence-corrected chi connectivity index (χ3v) is 8.15. The number of carbonyl (C=O) groups excluding carboxylic acids is 2. The van der Waals surface area contributed by atoms with Crippen molar-refractivity contribution in [3.05, 3.63) is 101 Å². The second-order valence-corrected chi connectivity index (χ2v) is 13.2. The molecule has 3 aromatic carbocycles. The number of hydrogen-bond acceptors (Lipinski definition) is 4. The zero-order valence-corrected chi connectivity index (χ0v) is 24.6. The summed E-state index contributed by atoms with van der Waals surface area (Å²) >= 11 is 6.22. The molecule has 0 radical (unpaired) electrons. The van der Waals surface area contributed by atoms with Gasteiger partial charge in [0.25, 0.3) is 0 Å². The van der Waals surface area contributed by atoms with Gasteiger partial charge in [-0.15, -0.1) is 0 Å². The highest BCUT2D eigenvalue weighted by Gasteiger charge is 2.34. The van der Waals surface area contributed by atoms with Gasteiger partial charge in [0.05, 0.1) is 11.4 Å². The van der Waals surface area contributed by atoms with Crippen LogP contribution in [0.5, 0.6) is 0 Å². The average Bonchev–Trinajstić information content (AvgIpc) is 2.86. The Morgan fingerprint density at radius 1 is 0.923 bits per heavy atom. The van der Waals surface area contributed by atoms with Crippen molar-refractivity contribution in [2.24, 2.45) is 0 Å². The monoisotopic (exact) mass is 569 g/mol. The number of nitrogens with zero attached hydrogens (tertiary/aromatic N) is 2. The van der Waals surface area contributed by atoms with E-state index >= 15 is 0 Å². The number of amides is 2. The van der Waals surface area contributed by atoms with Crippen LogP contribution in [0.4, 0.5) is 0 Å². The lowest BCUT2D eigenvalue weighted by Gasteiger charge is -2.34. The molecule has 0 aliphatic heterocycles. The molecule has 3 rings (SSSR count). The van der Waals surface area contributed by atoms with Crippen LogP contribution < -0.4 is 5.32 Å². The minimum Gasteiger partial charge on any atom is -0.350 e. The second kappa shape index (κ2) is 12.8. The average molecular weight is 570 g/mol. The Balaban J connectivity index is 1.99. The summed E-state index contributed by atoms with van der Waals surface area (Å²) in [4.78, 5) is 29.1. The highest BCUT2D eigenvalue weighted by molar-refractivity contribution is 7.89. The molecule has 39 heavy (non-hydrogen) atoms. The fraction of sp³-hybridized carbons (Fsp3) is 0.333. The fourth-order valence-electron chi connectivity index (χ4n) is 4.10. The van der Waals surface area contributed by atoms with E-state index in [0.717, 1.165) is 21.0 Å². The van der Waals surface area contributed by atoms with E-state index in [-0.39, 0.29) is 23.8 Å². The van der Waals surface area contributed by atoms with Gasteiger partial charge >= 0.3 is 0 Å². The van der Waals surface area contributed by atoms with Crippen molar-refractivity contribution >= 4 is 33.4 Å². The zero-order chi connectivity index (χ0) is 28.8. The summed E-state index contributed by atoms with van der Waals surface area (Å²) in [6.45, 7) is 7.12. The van der Waals surface area contributed by atoms with Crippen molar-refractivity contribution < 1.29 is 18.0 Å². The largest absolute Gasteiger partial charge is 0.350 e. The Morgan fingerprint density at radius 2 is 1.54 bits per heavy atom. The van der Waals surface area contributed by atoms with Crippen molar-refractivity contribution in [2.75, 3.05) is 13.6 Å². The van der Waals surface area contributed by atoms with Gasteiger partial charge in [0.1, 0.15) is 6.04 Å². The smallest absolute Gasteiger partial charge is 0.243 e. The molecule has 0 aliphatic carbocycles. The van der Waals surface area contributed by atoms with E-state index < -0.39 is 34.1 Å². The van der Waals surface area contributed by atoms with Gasteiger partial charge in [0.2, 0.25) is 21.8 Å². The summed E-state index contributed by atoms with van der Waals surface area (Å²) in [7, 11) is -2.57. The van der Waals surface area contributed by atoms with E-state index in [0.29, 0.717) is 5.02 Å². The molecule has 7 nitrogen and oxygen atoms in total. The van der Waals surface area contributed by atoms with Gasteiger partial charge in [0, 0.05) is 30.6 Å². The molecular formula is C30H36ClN3O4S. The predicted octanol–water partition coefficient (Wildman–Crippen LogP) is 4.82. The summed E-state index contributed by atoms with van der Waals surface area (Å²) in [6, 6.07) is 22.0. The molecule has 9 heteroatoms. The summed E-state index contributed by atoms with van der Waals surface area (Å²) in [5, 5.41) is 3.49. The number of benzene rings is 3. The maximum atomic E-state index is 13.9. The van der Waals surface area contributed by atoms with Crippen LogP contribution in [0.1, 0.15) is 37.5 Å². The topological polar surface area (TPSA) is 86.8 Å². The first-order valence-corrected chi connectivity index (χ1v) is 14.5. The van der Waals surface area contributed by atoms with Crippen molar-refractivity contribution in [3.8, 4) is 0 Å². The zero-order valence-electron chi connectivity index (χ0n) is 23.0. The molecule has 1 N–H and O–H groups in total. The molecule has 0 saturated carbocycles. The first-order chi connectivity index (χ1) is 18.3. The molecule has 0 saturated heterocycles. The Kier molecular flexibility index (Phi) is 9.93. The van der Waals surface area contributed by atoms with Crippen LogP contribution in [-0.4, -0.2) is 54.6 Å². The lowest BCUT2D eigenvalue weighted by molar-refractivity contribution is -0.141. The standard InChI is InChI=1S/C30H36ClN3O4S/c1-22-14-16-26(17-15-22)39(37,38)33(5)21-28(35)34(20-24-12-9-13-25(31)18-24)27(29(36)32-30(2,3)4)19-23-10-7-6-8-11-23/h6-18,27H,19-21H2,1-5H3,(H,32,36). The van der Waals surface area contributed by atoms with Crippen LogP contribution in [0.25, 0.3) is 0 Å². The minimum absolute atomic E-state index is 0.0763. The molecule has 1 unspecified atom stereocenters. The summed E-state index contributed by atoms with van der Waals surface area (Å²) in [5.41, 5.74) is 1.98. The van der Waals surface area contributed by atoms with Gasteiger partial charge in [-0.2, -0.15) is 4.31 Å². The first kappa shape index (κ1) is 30.3. The molecule has 0 heterocycles. The number of aryl methyl sites for hydroxylation is 1. The predicted molar refractivity (Wildman–Crippen MR) is 155 cm³/mol. The molecule has 2 amide bonds. The number of carbonyl (C=O) groups is 2. The van der Waals surface area contributed by atoms with Crippen LogP contribution in [-0.2, 0) is 32.6 Å². The third kappa shape index (κ3) is 8.65. The highest BCUT2D eigenvalue weighted by Crippen LogP contribution is 2.20. The van der Waals surface area contributed by atoms with Crippen molar-refractivity contribution in [1.82, 2.24) is 14.5 Å². The molecule has 208 valence electrons. The van der Waals surface area contributed by atoms with Gasteiger partial charge in [0.15, 0.2) is 0 Å². The molecule has 3 aromatic rings. The quantitative estimate of drug-likeness (QED) is 0.379. The number of likely N-dealkylation sites (N-methyl/N-ethyl adjacent to an activating group) is 1.